The van der Waals surface area contributed by atoms with Gasteiger partial charge in [-0.25, -0.2) is 9.59 Å². The number of amidine groups is 1. The van der Waals surface area contributed by atoms with Gasteiger partial charge in [-0.05, 0) is 32.1 Å². The van der Waals surface area contributed by atoms with Crippen LogP contribution < -0.4 is 21.7 Å². The summed E-state index contributed by atoms with van der Waals surface area (Å²) in [5.41, 5.74) is 5.95. The third kappa shape index (κ3) is 15.7. The van der Waals surface area contributed by atoms with Crippen molar-refractivity contribution in [3.05, 3.63) is 0 Å². The van der Waals surface area contributed by atoms with Gasteiger partial charge in [0.2, 0.25) is 5.91 Å². The molecule has 0 aromatic heterocycles. The molecule has 4 heterocycles. The van der Waals surface area contributed by atoms with E-state index in [9.17, 15) is 33.6 Å². The number of ketones is 1. The van der Waals surface area contributed by atoms with Crippen molar-refractivity contribution in [1.29, 1.82) is 0 Å². The van der Waals surface area contributed by atoms with Crippen LogP contribution in [-0.4, -0.2) is 158 Å². The molecule has 56 heavy (non-hydrogen) atoms. The Kier molecular flexibility index (Phi) is 20.1. The number of carbonyl (C=O) groups excluding carboxylic acids is 5. The monoisotopic (exact) mass is 835 g/mol. The molecule has 0 saturated carbocycles. The molecule has 0 radical (unpaired) electrons. The van der Waals surface area contributed by atoms with E-state index in [0.717, 1.165) is 25.0 Å². The Morgan fingerprint density at radius 2 is 1.66 bits per heavy atom. The van der Waals surface area contributed by atoms with Crippen LogP contribution in [0.5, 0.6) is 0 Å². The first kappa shape index (κ1) is 45.7. The Hall–Kier alpha value is -3.01. The van der Waals surface area contributed by atoms with Crippen molar-refractivity contribution >= 4 is 55.6 Å². The number of urea groups is 2. The molecule has 0 aromatic rings. The Balaban J connectivity index is 0.890. The zero-order valence-corrected chi connectivity index (χ0v) is 33.2. The zero-order chi connectivity index (χ0) is 40.3. The Morgan fingerprint density at radius 3 is 2.41 bits per heavy atom. The molecule has 5 amide bonds. The number of nitrogens with one attached hydrogen (secondary N) is 3. The van der Waals surface area contributed by atoms with Gasteiger partial charge in [0, 0.05) is 60.4 Å². The van der Waals surface area contributed by atoms with Crippen LogP contribution in [0.2, 0.25) is 0 Å². The number of rotatable bonds is 28. The predicted octanol–water partition coefficient (Wildman–Crippen LogP) is 0.492. The second-order valence-electron chi connectivity index (χ2n) is 13.8. The van der Waals surface area contributed by atoms with E-state index in [1.54, 1.807) is 0 Å². The van der Waals surface area contributed by atoms with E-state index in [0.29, 0.717) is 76.9 Å². The molecule has 0 aromatic carbocycles. The molecule has 3 saturated heterocycles. The number of unbranched alkanes of at least 4 members (excludes halogenated alkanes) is 1. The summed E-state index contributed by atoms with van der Waals surface area (Å²) < 4.78 is 42.6. The minimum absolute atomic E-state index is 0.0437. The topological polar surface area (TPSA) is 276 Å². The number of aliphatic imine (C=N–C) groups is 1. The predicted molar refractivity (Wildman–Crippen MR) is 201 cm³/mol. The van der Waals surface area contributed by atoms with E-state index in [1.807, 2.05) is 11.8 Å². The molecule has 4 aliphatic heterocycles. The third-order valence-corrected chi connectivity index (χ3v) is 11.6. The highest BCUT2D eigenvalue weighted by molar-refractivity contribution is 8.00. The van der Waals surface area contributed by atoms with Gasteiger partial charge in [0.15, 0.2) is 12.3 Å². The van der Waals surface area contributed by atoms with Crippen LogP contribution in [-0.2, 0) is 47.2 Å². The average Bonchev–Trinajstić information content (AvgIpc) is 3.83. The molecule has 4 rings (SSSR count). The molecule has 316 valence electrons. The normalized spacial score (nSPS) is 26.0. The molecule has 0 aliphatic carbocycles. The Bertz CT molecular complexity index is 1370. The smallest absolute Gasteiger partial charge is 0.463 e. The van der Waals surface area contributed by atoms with Gasteiger partial charge < -0.3 is 50.5 Å². The van der Waals surface area contributed by atoms with E-state index in [2.05, 4.69) is 20.9 Å². The molecule has 7 N–H and O–H groups in total. The number of thioether (sulfide) groups is 1. The maximum atomic E-state index is 12.4. The summed E-state index contributed by atoms with van der Waals surface area (Å²) in [4.78, 5) is 74.2. The van der Waals surface area contributed by atoms with Crippen LogP contribution in [0.1, 0.15) is 64.2 Å². The number of aliphatic hydroxyl groups excluding tert-OH is 1. The number of hydrogen-bond donors (Lipinski definition) is 6. The van der Waals surface area contributed by atoms with Crippen molar-refractivity contribution in [2.75, 3.05) is 71.7 Å². The van der Waals surface area contributed by atoms with Gasteiger partial charge in [0.05, 0.1) is 58.1 Å². The average molecular weight is 836 g/mol. The van der Waals surface area contributed by atoms with E-state index < -0.39 is 38.7 Å². The van der Waals surface area contributed by atoms with Gasteiger partial charge in [-0.15, -0.1) is 9.42 Å². The highest BCUT2D eigenvalue weighted by atomic mass is 32.2. The summed E-state index contributed by atoms with van der Waals surface area (Å²) in [5, 5.41) is 19.5. The SMILES string of the molecule is NC1=NC(=O)N([C@@H]2OCC(O[P+](=O)O)[C@@H]2O)CC1CCCNC(=O)CCC(=O)OCCOCCOCCOCCCC(=O)CCCC[C@@H]1SC[C@@H]2NC(=O)N[C@@H]21. The fraction of sp³-hybridized carbons (Fsp3) is 0.824. The Labute approximate surface area is 330 Å². The molecule has 0 bridgehead atoms. The van der Waals surface area contributed by atoms with E-state index in [4.69, 9.17) is 38.8 Å². The van der Waals surface area contributed by atoms with Crippen LogP contribution in [0.25, 0.3) is 0 Å². The minimum atomic E-state index is -2.96. The molecule has 22 heteroatoms. The standard InChI is InChI=1S/C34H55N6O14PS/c35-31-22(19-40(34(46)39-31)32-30(44)25(20-53-32)54-55(47)48)5-3-11-36-27(42)9-10-28(43)52-18-17-51-16-15-50-14-13-49-12-4-7-23(41)6-1-2-8-26-29-24(21-56-26)37-33(45)38-29/h22,24-26,29-30,32,44H,1-21H2,(H5-,35,36,37,38,39,42,45,46,47,48)/p+1/t22?,24-,25?,26-,29-,30-,32+/m0/s1. The lowest BCUT2D eigenvalue weighted by atomic mass is 9.99. The van der Waals surface area contributed by atoms with Gasteiger partial charge >= 0.3 is 26.3 Å². The second-order valence-corrected chi connectivity index (χ2v) is 15.8. The quantitative estimate of drug-likeness (QED) is 0.0271. The largest absolute Gasteiger partial charge is 0.695 e. The summed E-state index contributed by atoms with van der Waals surface area (Å²) in [5.74, 6) is 0.0857. The van der Waals surface area contributed by atoms with Gasteiger partial charge in [0.1, 0.15) is 24.3 Å². The van der Waals surface area contributed by atoms with Crippen molar-refractivity contribution in [3.8, 4) is 0 Å². The van der Waals surface area contributed by atoms with E-state index in [1.165, 1.54) is 4.90 Å². The van der Waals surface area contributed by atoms with Crippen LogP contribution in [0.4, 0.5) is 9.59 Å². The van der Waals surface area contributed by atoms with Crippen molar-refractivity contribution in [3.63, 3.8) is 0 Å². The number of esters is 1. The number of nitrogens with zero attached hydrogens (tertiary/aromatic N) is 2. The second kappa shape index (κ2) is 24.7. The first-order valence-corrected chi connectivity index (χ1v) is 21.3. The van der Waals surface area contributed by atoms with E-state index in [-0.39, 0.29) is 80.8 Å². The Morgan fingerprint density at radius 1 is 0.946 bits per heavy atom. The maximum absolute atomic E-state index is 12.4. The molecule has 3 unspecified atom stereocenters. The zero-order valence-electron chi connectivity index (χ0n) is 31.5. The molecule has 20 nitrogen and oxygen atoms in total. The van der Waals surface area contributed by atoms with Crippen LogP contribution in [0.15, 0.2) is 4.99 Å². The molecular formula is C34H56N6O14PS+. The number of carbonyl (C=O) groups is 5. The fourth-order valence-electron chi connectivity index (χ4n) is 6.70. The lowest BCUT2D eigenvalue weighted by Gasteiger charge is -2.34. The molecule has 4 aliphatic rings. The molecule has 3 fully saturated rings. The highest BCUT2D eigenvalue weighted by Crippen LogP contribution is 2.33. The summed E-state index contributed by atoms with van der Waals surface area (Å²) in [6.45, 7) is 2.39. The van der Waals surface area contributed by atoms with E-state index >= 15 is 0 Å². The van der Waals surface area contributed by atoms with Crippen molar-refractivity contribution in [2.24, 2.45) is 16.6 Å². The number of hydrogen-bond acceptors (Lipinski definition) is 15. The first-order chi connectivity index (χ1) is 27.0. The number of ether oxygens (including phenoxy) is 5. The van der Waals surface area contributed by atoms with Crippen molar-refractivity contribution < 1.29 is 66.7 Å². The summed E-state index contributed by atoms with van der Waals surface area (Å²) in [6.07, 6.45) is 1.86. The highest BCUT2D eigenvalue weighted by Gasteiger charge is 2.47. The minimum Gasteiger partial charge on any atom is -0.463 e. The summed E-state index contributed by atoms with van der Waals surface area (Å²) in [7, 11) is -2.96. The van der Waals surface area contributed by atoms with Gasteiger partial charge in [-0.1, -0.05) is 6.42 Å². The third-order valence-electron chi connectivity index (χ3n) is 9.66. The van der Waals surface area contributed by atoms with Crippen molar-refractivity contribution in [1.82, 2.24) is 20.9 Å². The summed E-state index contributed by atoms with van der Waals surface area (Å²) >= 11 is 1.89. The van der Waals surface area contributed by atoms with Crippen LogP contribution >= 0.6 is 20.0 Å². The van der Waals surface area contributed by atoms with Crippen molar-refractivity contribution in [2.45, 2.75) is 100.0 Å². The molecule has 0 spiro atoms. The molecule has 8 atom stereocenters. The van der Waals surface area contributed by atoms with Crippen LogP contribution in [0, 0.1) is 5.92 Å². The van der Waals surface area contributed by atoms with Gasteiger partial charge in [0.25, 0.3) is 0 Å². The fourth-order valence-corrected chi connectivity index (χ4v) is 8.66. The van der Waals surface area contributed by atoms with Gasteiger partial charge in [-0.3, -0.25) is 19.3 Å². The number of amides is 5. The lowest BCUT2D eigenvalue weighted by Crippen LogP contribution is -2.53. The number of aliphatic hydroxyl groups is 1. The first-order valence-electron chi connectivity index (χ1n) is 19.1. The maximum Gasteiger partial charge on any atom is 0.695 e. The molecular weight excluding hydrogens is 779 g/mol. The summed E-state index contributed by atoms with van der Waals surface area (Å²) in [6, 6.07) is -0.343. The van der Waals surface area contributed by atoms with Gasteiger partial charge in [-0.2, -0.15) is 16.8 Å². The van der Waals surface area contributed by atoms with Crippen LogP contribution in [0.3, 0.4) is 0 Å². The number of Topliss-reactive ketones (excluding diaryl/α,β-unsaturated/α-hetero) is 1. The number of fused-ring (bicyclic) bond motifs is 1. The number of nitrogens with two attached hydrogens (primary N) is 1. The lowest BCUT2D eigenvalue weighted by molar-refractivity contribution is -0.146.